The molecule has 5 nitrogen and oxygen atoms in total. The number of carbonyl (C=O) groups is 1. The first-order chi connectivity index (χ1) is 9.08. The van der Waals surface area contributed by atoms with Crippen LogP contribution in [0.15, 0.2) is 12.3 Å². The van der Waals surface area contributed by atoms with Crippen molar-refractivity contribution in [3.05, 3.63) is 18.0 Å². The molecule has 0 aromatic carbocycles. The predicted octanol–water partition coefficient (Wildman–Crippen LogP) is 2.06. The molecule has 0 spiro atoms. The molecule has 0 bridgehead atoms. The number of amides is 1. The zero-order valence-corrected chi connectivity index (χ0v) is 11.6. The van der Waals surface area contributed by atoms with E-state index in [-0.39, 0.29) is 11.8 Å². The maximum absolute atomic E-state index is 11.4. The van der Waals surface area contributed by atoms with E-state index >= 15 is 0 Å². The Hall–Kier alpha value is -1.65. The molecule has 5 heteroatoms. The minimum absolute atomic E-state index is 0.108. The number of hydrogen-bond donors (Lipinski definition) is 2. The molecular weight excluding hydrogens is 240 g/mol. The van der Waals surface area contributed by atoms with Gasteiger partial charge in [0.1, 0.15) is 6.04 Å². The molecule has 1 aliphatic rings. The fraction of sp³-hybridized carbons (Fsp3) is 0.643. The fourth-order valence-corrected chi connectivity index (χ4v) is 2.60. The second-order valence-electron chi connectivity index (χ2n) is 5.55. The molecule has 1 atom stereocenters. The molecule has 1 fully saturated rings. The van der Waals surface area contributed by atoms with Crippen LogP contribution in [0.2, 0.25) is 0 Å². The number of aromatic nitrogens is 2. The normalized spacial score (nSPS) is 17.6. The average molecular weight is 262 g/mol. The molecule has 1 saturated carbocycles. The van der Waals surface area contributed by atoms with Crippen molar-refractivity contribution in [2.45, 2.75) is 51.5 Å². The smallest absolute Gasteiger partial charge is 0.240 e. The second kappa shape index (κ2) is 5.99. The summed E-state index contributed by atoms with van der Waals surface area (Å²) in [5.74, 6) is 0.776. The lowest BCUT2D eigenvalue weighted by molar-refractivity contribution is -0.119. The second-order valence-corrected chi connectivity index (χ2v) is 5.55. The van der Waals surface area contributed by atoms with Crippen LogP contribution in [-0.4, -0.2) is 21.9 Å². The number of anilines is 1. The molecule has 1 aromatic rings. The standard InChI is InChI=1S/C14H22N4O/c1-9(2)12(13(15)19)18-14-16-8-7-11(17-14)10-5-3-4-6-10/h7-10,12H,3-6H2,1-2H3,(H2,15,19)(H,16,17,18)/t12-/m0/s1. The first-order valence-corrected chi connectivity index (χ1v) is 6.96. The van der Waals surface area contributed by atoms with Crippen molar-refractivity contribution >= 4 is 11.9 Å². The fourth-order valence-electron chi connectivity index (χ4n) is 2.60. The minimum Gasteiger partial charge on any atom is -0.368 e. The Bertz CT molecular complexity index is 441. The van der Waals surface area contributed by atoms with Crippen molar-refractivity contribution in [3.8, 4) is 0 Å². The van der Waals surface area contributed by atoms with Crippen molar-refractivity contribution in [1.29, 1.82) is 0 Å². The van der Waals surface area contributed by atoms with Gasteiger partial charge in [-0.15, -0.1) is 0 Å². The van der Waals surface area contributed by atoms with Gasteiger partial charge in [-0.1, -0.05) is 26.7 Å². The van der Waals surface area contributed by atoms with Crippen LogP contribution in [-0.2, 0) is 4.79 Å². The van der Waals surface area contributed by atoms with E-state index in [0.717, 1.165) is 5.69 Å². The highest BCUT2D eigenvalue weighted by molar-refractivity contribution is 5.82. The van der Waals surface area contributed by atoms with E-state index in [1.165, 1.54) is 25.7 Å². The lowest BCUT2D eigenvalue weighted by atomic mass is 10.0. The Labute approximate surface area is 114 Å². The summed E-state index contributed by atoms with van der Waals surface area (Å²) >= 11 is 0. The molecule has 0 radical (unpaired) electrons. The molecule has 3 N–H and O–H groups in total. The van der Waals surface area contributed by atoms with Gasteiger partial charge >= 0.3 is 0 Å². The Morgan fingerprint density at radius 1 is 1.42 bits per heavy atom. The average Bonchev–Trinajstić information content (AvgIpc) is 2.89. The maximum Gasteiger partial charge on any atom is 0.240 e. The van der Waals surface area contributed by atoms with Gasteiger partial charge in [-0.25, -0.2) is 9.97 Å². The van der Waals surface area contributed by atoms with Gasteiger partial charge in [-0.3, -0.25) is 4.79 Å². The van der Waals surface area contributed by atoms with Gasteiger partial charge in [0, 0.05) is 17.8 Å². The quantitative estimate of drug-likeness (QED) is 0.851. The highest BCUT2D eigenvalue weighted by Crippen LogP contribution is 2.33. The molecule has 0 unspecified atom stereocenters. The minimum atomic E-state index is -0.432. The third-order valence-corrected chi connectivity index (χ3v) is 3.71. The van der Waals surface area contributed by atoms with Crippen LogP contribution in [0.1, 0.15) is 51.1 Å². The molecule has 0 aliphatic heterocycles. The zero-order valence-electron chi connectivity index (χ0n) is 11.6. The Morgan fingerprint density at radius 2 is 2.11 bits per heavy atom. The van der Waals surface area contributed by atoms with E-state index in [1.807, 2.05) is 19.9 Å². The van der Waals surface area contributed by atoms with E-state index in [0.29, 0.717) is 11.9 Å². The van der Waals surface area contributed by atoms with Crippen LogP contribution >= 0.6 is 0 Å². The summed E-state index contributed by atoms with van der Waals surface area (Å²) in [5.41, 5.74) is 6.46. The molecule has 104 valence electrons. The largest absolute Gasteiger partial charge is 0.368 e. The number of rotatable bonds is 5. The molecule has 0 saturated heterocycles. The summed E-state index contributed by atoms with van der Waals surface area (Å²) in [4.78, 5) is 20.1. The van der Waals surface area contributed by atoms with Gasteiger partial charge < -0.3 is 11.1 Å². The molecular formula is C14H22N4O. The number of nitrogens with two attached hydrogens (primary N) is 1. The number of nitrogens with zero attached hydrogens (tertiary/aromatic N) is 2. The lowest BCUT2D eigenvalue weighted by Gasteiger charge is -2.19. The van der Waals surface area contributed by atoms with Crippen molar-refractivity contribution in [3.63, 3.8) is 0 Å². The highest BCUT2D eigenvalue weighted by Gasteiger charge is 2.22. The van der Waals surface area contributed by atoms with Gasteiger partial charge in [0.05, 0.1) is 0 Å². The van der Waals surface area contributed by atoms with E-state index < -0.39 is 6.04 Å². The van der Waals surface area contributed by atoms with E-state index in [9.17, 15) is 4.79 Å². The third kappa shape index (κ3) is 3.43. The van der Waals surface area contributed by atoms with Crippen molar-refractivity contribution < 1.29 is 4.79 Å². The summed E-state index contributed by atoms with van der Waals surface area (Å²) < 4.78 is 0. The summed E-state index contributed by atoms with van der Waals surface area (Å²) in [7, 11) is 0. The van der Waals surface area contributed by atoms with Gasteiger partial charge in [0.15, 0.2) is 0 Å². The van der Waals surface area contributed by atoms with Gasteiger partial charge in [0.25, 0.3) is 0 Å². The van der Waals surface area contributed by atoms with Crippen molar-refractivity contribution in [2.24, 2.45) is 11.7 Å². The molecule has 2 rings (SSSR count). The summed E-state index contributed by atoms with van der Waals surface area (Å²) in [6.45, 7) is 3.90. The van der Waals surface area contributed by atoms with Crippen molar-refractivity contribution in [2.75, 3.05) is 5.32 Å². The zero-order chi connectivity index (χ0) is 13.8. The molecule has 1 aromatic heterocycles. The lowest BCUT2D eigenvalue weighted by Crippen LogP contribution is -2.40. The first-order valence-electron chi connectivity index (χ1n) is 6.96. The van der Waals surface area contributed by atoms with Gasteiger partial charge in [0.2, 0.25) is 11.9 Å². The number of carbonyl (C=O) groups excluding carboxylic acids is 1. The summed E-state index contributed by atoms with van der Waals surface area (Å²) in [6.07, 6.45) is 6.68. The van der Waals surface area contributed by atoms with Crippen LogP contribution in [0.5, 0.6) is 0 Å². The molecule has 1 aliphatic carbocycles. The number of primary amides is 1. The van der Waals surface area contributed by atoms with Crippen LogP contribution < -0.4 is 11.1 Å². The van der Waals surface area contributed by atoms with E-state index in [1.54, 1.807) is 6.20 Å². The van der Waals surface area contributed by atoms with E-state index in [2.05, 4.69) is 15.3 Å². The van der Waals surface area contributed by atoms with Crippen LogP contribution in [0, 0.1) is 5.92 Å². The Kier molecular flexibility index (Phi) is 4.35. The van der Waals surface area contributed by atoms with Crippen molar-refractivity contribution in [1.82, 2.24) is 9.97 Å². The summed E-state index contributed by atoms with van der Waals surface area (Å²) in [6, 6.07) is 1.54. The SMILES string of the molecule is CC(C)[C@H](Nc1nccc(C2CCCC2)n1)C(N)=O. The third-order valence-electron chi connectivity index (χ3n) is 3.71. The van der Waals surface area contributed by atoms with Crippen LogP contribution in [0.4, 0.5) is 5.95 Å². The maximum atomic E-state index is 11.4. The molecule has 1 heterocycles. The monoisotopic (exact) mass is 262 g/mol. The Morgan fingerprint density at radius 3 is 2.68 bits per heavy atom. The van der Waals surface area contributed by atoms with Gasteiger partial charge in [-0.2, -0.15) is 0 Å². The van der Waals surface area contributed by atoms with Crippen LogP contribution in [0.25, 0.3) is 0 Å². The summed E-state index contributed by atoms with van der Waals surface area (Å²) in [5, 5.41) is 3.04. The highest BCUT2D eigenvalue weighted by atomic mass is 16.1. The van der Waals surface area contributed by atoms with Crippen LogP contribution in [0.3, 0.4) is 0 Å². The predicted molar refractivity (Wildman–Crippen MR) is 74.7 cm³/mol. The molecule has 1 amide bonds. The topological polar surface area (TPSA) is 80.9 Å². The van der Waals surface area contributed by atoms with Gasteiger partial charge in [-0.05, 0) is 24.8 Å². The number of nitrogens with one attached hydrogen (secondary N) is 1. The molecule has 19 heavy (non-hydrogen) atoms. The number of hydrogen-bond acceptors (Lipinski definition) is 4. The first kappa shape index (κ1) is 13.8. The van der Waals surface area contributed by atoms with E-state index in [4.69, 9.17) is 5.73 Å². The Balaban J connectivity index is 2.11.